The Bertz CT molecular complexity index is 426. The van der Waals surface area contributed by atoms with Crippen LogP contribution in [0.2, 0.25) is 0 Å². The van der Waals surface area contributed by atoms with E-state index in [9.17, 15) is 4.79 Å². The SMILES string of the molecule is CC(=CC1CC(C)(C)N(C2CCCCC2)C(C)(C)C1)C(=O)O. The van der Waals surface area contributed by atoms with Gasteiger partial charge >= 0.3 is 5.97 Å². The van der Waals surface area contributed by atoms with E-state index in [0.29, 0.717) is 17.5 Å². The molecule has 0 amide bonds. The number of allylic oxidation sites excluding steroid dienone is 1. The molecule has 2 aliphatic rings. The zero-order valence-corrected chi connectivity index (χ0v) is 15.0. The number of piperidine rings is 1. The van der Waals surface area contributed by atoms with Crippen LogP contribution in [0.4, 0.5) is 0 Å². The summed E-state index contributed by atoms with van der Waals surface area (Å²) >= 11 is 0. The van der Waals surface area contributed by atoms with E-state index in [1.807, 2.05) is 6.08 Å². The standard InChI is InChI=1S/C19H33NO2/c1-14(17(21)22)11-15-12-18(2,3)20(19(4,5)13-15)16-9-7-6-8-10-16/h11,15-16H,6-10,12-13H2,1-5H3,(H,21,22). The molecule has 22 heavy (non-hydrogen) atoms. The number of rotatable bonds is 3. The first-order valence-electron chi connectivity index (χ1n) is 8.85. The fourth-order valence-electron chi connectivity index (χ4n) is 5.24. The van der Waals surface area contributed by atoms with Gasteiger partial charge in [-0.25, -0.2) is 4.79 Å². The van der Waals surface area contributed by atoms with Crippen molar-refractivity contribution in [2.45, 2.75) is 96.7 Å². The number of carboxylic acids is 1. The van der Waals surface area contributed by atoms with Gasteiger partial charge in [-0.05, 0) is 66.2 Å². The Morgan fingerprint density at radius 1 is 1.05 bits per heavy atom. The van der Waals surface area contributed by atoms with Gasteiger partial charge in [0.05, 0.1) is 0 Å². The van der Waals surface area contributed by atoms with Crippen molar-refractivity contribution in [3.8, 4) is 0 Å². The second kappa shape index (κ2) is 6.35. The molecule has 0 radical (unpaired) electrons. The maximum Gasteiger partial charge on any atom is 0.330 e. The lowest BCUT2D eigenvalue weighted by atomic mass is 9.71. The Morgan fingerprint density at radius 2 is 1.55 bits per heavy atom. The van der Waals surface area contributed by atoms with Gasteiger partial charge in [-0.15, -0.1) is 0 Å². The normalized spacial score (nSPS) is 27.8. The Hall–Kier alpha value is -0.830. The third kappa shape index (κ3) is 3.73. The van der Waals surface area contributed by atoms with E-state index in [1.54, 1.807) is 6.92 Å². The molecule has 0 spiro atoms. The Labute approximate surface area is 135 Å². The average molecular weight is 307 g/mol. The number of aliphatic carboxylic acids is 1. The summed E-state index contributed by atoms with van der Waals surface area (Å²) < 4.78 is 0. The van der Waals surface area contributed by atoms with Crippen molar-refractivity contribution < 1.29 is 9.90 Å². The summed E-state index contributed by atoms with van der Waals surface area (Å²) in [6.07, 6.45) is 10.8. The maximum absolute atomic E-state index is 11.1. The lowest BCUT2D eigenvalue weighted by Gasteiger charge is -2.59. The highest BCUT2D eigenvalue weighted by Gasteiger charge is 2.47. The average Bonchev–Trinajstić information content (AvgIpc) is 2.36. The van der Waals surface area contributed by atoms with Crippen molar-refractivity contribution in [2.24, 2.45) is 5.92 Å². The largest absolute Gasteiger partial charge is 0.478 e. The minimum atomic E-state index is -0.787. The first-order chi connectivity index (χ1) is 10.1. The van der Waals surface area contributed by atoms with E-state index >= 15 is 0 Å². The lowest BCUT2D eigenvalue weighted by molar-refractivity contribution is -0.132. The zero-order chi connectivity index (χ0) is 16.5. The van der Waals surface area contributed by atoms with Gasteiger partial charge in [0.1, 0.15) is 0 Å². The van der Waals surface area contributed by atoms with E-state index in [4.69, 9.17) is 5.11 Å². The summed E-state index contributed by atoms with van der Waals surface area (Å²) in [7, 11) is 0. The lowest BCUT2D eigenvalue weighted by Crippen LogP contribution is -2.64. The van der Waals surface area contributed by atoms with Gasteiger partial charge in [-0.3, -0.25) is 4.90 Å². The smallest absolute Gasteiger partial charge is 0.330 e. The maximum atomic E-state index is 11.1. The third-order valence-electron chi connectivity index (χ3n) is 5.59. The van der Waals surface area contributed by atoms with Gasteiger partial charge in [0.15, 0.2) is 0 Å². The molecule has 0 aromatic heterocycles. The Morgan fingerprint density at radius 3 is 2.00 bits per heavy atom. The first-order valence-corrected chi connectivity index (χ1v) is 8.85. The minimum absolute atomic E-state index is 0.129. The molecule has 3 heteroatoms. The summed E-state index contributed by atoms with van der Waals surface area (Å²) in [5, 5.41) is 9.15. The van der Waals surface area contributed by atoms with Crippen molar-refractivity contribution >= 4 is 5.97 Å². The van der Waals surface area contributed by atoms with Crippen molar-refractivity contribution in [3.05, 3.63) is 11.6 Å². The summed E-state index contributed by atoms with van der Waals surface area (Å²) in [5.74, 6) is -0.425. The quantitative estimate of drug-likeness (QED) is 0.773. The van der Waals surface area contributed by atoms with Gasteiger partial charge in [0, 0.05) is 22.7 Å². The molecule has 126 valence electrons. The minimum Gasteiger partial charge on any atom is -0.478 e. The van der Waals surface area contributed by atoms with E-state index in [0.717, 1.165) is 12.8 Å². The molecule has 0 aromatic rings. The van der Waals surface area contributed by atoms with Crippen LogP contribution in [0.3, 0.4) is 0 Å². The molecular formula is C19H33NO2. The van der Waals surface area contributed by atoms with E-state index in [2.05, 4.69) is 32.6 Å². The number of carboxylic acid groups (broad SMARTS) is 1. The highest BCUT2D eigenvalue weighted by molar-refractivity contribution is 5.85. The number of hydrogen-bond donors (Lipinski definition) is 1. The van der Waals surface area contributed by atoms with Crippen LogP contribution < -0.4 is 0 Å². The van der Waals surface area contributed by atoms with Crippen molar-refractivity contribution in [3.63, 3.8) is 0 Å². The molecule has 1 aliphatic carbocycles. The van der Waals surface area contributed by atoms with Crippen LogP contribution in [-0.2, 0) is 4.79 Å². The van der Waals surface area contributed by atoms with E-state index < -0.39 is 5.97 Å². The molecule has 2 fully saturated rings. The summed E-state index contributed by atoms with van der Waals surface area (Å²) in [4.78, 5) is 13.9. The number of nitrogens with zero attached hydrogens (tertiary/aromatic N) is 1. The van der Waals surface area contributed by atoms with E-state index in [1.165, 1.54) is 32.1 Å². The second-order valence-electron chi connectivity index (χ2n) is 8.61. The molecule has 0 atom stereocenters. The van der Waals surface area contributed by atoms with Crippen molar-refractivity contribution in [2.75, 3.05) is 0 Å². The Kier molecular flexibility index (Phi) is 5.06. The molecule has 1 heterocycles. The van der Waals surface area contributed by atoms with Crippen LogP contribution in [0.25, 0.3) is 0 Å². The highest BCUT2D eigenvalue weighted by atomic mass is 16.4. The van der Waals surface area contributed by atoms with E-state index in [-0.39, 0.29) is 11.1 Å². The van der Waals surface area contributed by atoms with Gasteiger partial charge < -0.3 is 5.11 Å². The molecule has 1 N–H and O–H groups in total. The molecule has 0 aromatic carbocycles. The van der Waals surface area contributed by atoms with Gasteiger partial charge in [-0.2, -0.15) is 0 Å². The monoisotopic (exact) mass is 307 g/mol. The number of carbonyl (C=O) groups is 1. The third-order valence-corrected chi connectivity index (χ3v) is 5.59. The summed E-state index contributed by atoms with van der Waals surface area (Å²) in [6, 6.07) is 0.698. The van der Waals surface area contributed by atoms with Crippen LogP contribution in [0.15, 0.2) is 11.6 Å². The van der Waals surface area contributed by atoms with Gasteiger partial charge in [0.2, 0.25) is 0 Å². The van der Waals surface area contributed by atoms with Gasteiger partial charge in [0.25, 0.3) is 0 Å². The number of hydrogen-bond acceptors (Lipinski definition) is 2. The predicted octanol–water partition coefficient (Wildman–Crippen LogP) is 4.62. The molecule has 0 bridgehead atoms. The fourth-order valence-corrected chi connectivity index (χ4v) is 5.24. The molecular weight excluding hydrogens is 274 g/mol. The second-order valence-corrected chi connectivity index (χ2v) is 8.61. The molecule has 1 aliphatic heterocycles. The topological polar surface area (TPSA) is 40.5 Å². The first kappa shape index (κ1) is 17.5. The molecule has 2 rings (SSSR count). The van der Waals surface area contributed by atoms with Gasteiger partial charge in [-0.1, -0.05) is 25.3 Å². The van der Waals surface area contributed by atoms with Crippen LogP contribution in [0.5, 0.6) is 0 Å². The molecule has 0 unspecified atom stereocenters. The van der Waals surface area contributed by atoms with Crippen LogP contribution >= 0.6 is 0 Å². The molecule has 1 saturated heterocycles. The molecule has 3 nitrogen and oxygen atoms in total. The van der Waals surface area contributed by atoms with Crippen LogP contribution in [0, 0.1) is 5.92 Å². The van der Waals surface area contributed by atoms with Crippen LogP contribution in [-0.4, -0.2) is 33.1 Å². The molecule has 1 saturated carbocycles. The predicted molar refractivity (Wildman–Crippen MR) is 91.0 cm³/mol. The zero-order valence-electron chi connectivity index (χ0n) is 15.0. The number of likely N-dealkylation sites (tertiary alicyclic amines) is 1. The van der Waals surface area contributed by atoms with Crippen LogP contribution in [0.1, 0.15) is 79.6 Å². The fraction of sp³-hybridized carbons (Fsp3) is 0.842. The highest BCUT2D eigenvalue weighted by Crippen LogP contribution is 2.45. The van der Waals surface area contributed by atoms with Crippen molar-refractivity contribution in [1.82, 2.24) is 4.90 Å². The Balaban J connectivity index is 2.22. The summed E-state index contributed by atoms with van der Waals surface area (Å²) in [5.41, 5.74) is 0.746. The summed E-state index contributed by atoms with van der Waals surface area (Å²) in [6.45, 7) is 11.1. The van der Waals surface area contributed by atoms with Crippen molar-refractivity contribution in [1.29, 1.82) is 0 Å².